The van der Waals surface area contributed by atoms with E-state index in [1.165, 1.54) is 0 Å². The molecule has 0 saturated carbocycles. The van der Waals surface area contributed by atoms with Crippen molar-refractivity contribution in [3.05, 3.63) is 108 Å². The number of esters is 2. The Labute approximate surface area is 302 Å². The van der Waals surface area contributed by atoms with Crippen LogP contribution in [0.5, 0.6) is 0 Å². The molecule has 6 aliphatic heterocycles. The zero-order chi connectivity index (χ0) is 36.4. The number of hydrogen-bond donors (Lipinski definition) is 2. The summed E-state index contributed by atoms with van der Waals surface area (Å²) in [5.41, 5.74) is -0.684. The first-order chi connectivity index (χ1) is 24.6. The molecule has 0 unspecified atom stereocenters. The van der Waals surface area contributed by atoms with Gasteiger partial charge in [-0.1, -0.05) is 66.7 Å². The minimum absolute atomic E-state index is 0.00303. The third kappa shape index (κ3) is 8.45. The number of piperidine rings is 6. The topological polar surface area (TPSA) is 151 Å². The third-order valence-electron chi connectivity index (χ3n) is 10.3. The first kappa shape index (κ1) is 38.0. The van der Waals surface area contributed by atoms with Gasteiger partial charge < -0.3 is 19.7 Å². The molecule has 3 aromatic carbocycles. The van der Waals surface area contributed by atoms with Crippen molar-refractivity contribution < 1.29 is 43.7 Å². The van der Waals surface area contributed by atoms with Crippen molar-refractivity contribution in [2.24, 2.45) is 11.8 Å². The molecule has 6 saturated heterocycles. The van der Waals surface area contributed by atoms with E-state index >= 15 is 0 Å². The lowest BCUT2D eigenvalue weighted by Crippen LogP contribution is -2.69. The Morgan fingerprint density at radius 1 is 0.588 bits per heavy atom. The molecular weight excluding hydrogens is 676 g/mol. The van der Waals surface area contributed by atoms with Gasteiger partial charge in [0.2, 0.25) is 0 Å². The fourth-order valence-corrected chi connectivity index (χ4v) is 7.36. The monoisotopic (exact) mass is 718 g/mol. The van der Waals surface area contributed by atoms with Crippen LogP contribution in [-0.4, -0.2) is 112 Å². The number of aliphatic hydroxyl groups is 2. The number of halogens is 1. The van der Waals surface area contributed by atoms with Crippen molar-refractivity contribution in [1.82, 2.24) is 9.80 Å². The molecule has 0 spiro atoms. The number of carbonyl (C=O) groups is 5. The Kier molecular flexibility index (Phi) is 12.9. The van der Waals surface area contributed by atoms with E-state index in [1.54, 1.807) is 72.8 Å². The van der Waals surface area contributed by atoms with Crippen LogP contribution in [0.25, 0.3) is 0 Å². The second-order valence-corrected chi connectivity index (χ2v) is 13.5. The number of ether oxygens (including phenoxy) is 2. The number of nitrogens with zero attached hydrogens (tertiary/aromatic N) is 2. The Hall–Kier alpha value is -4.26. The fourth-order valence-electron chi connectivity index (χ4n) is 7.24. The number of benzene rings is 3. The minimum atomic E-state index is -1.12. The summed E-state index contributed by atoms with van der Waals surface area (Å²) in [6.45, 7) is 2.35. The van der Waals surface area contributed by atoms with E-state index in [0.717, 1.165) is 51.9 Å². The second-order valence-electron chi connectivity index (χ2n) is 13.2. The lowest BCUT2D eigenvalue weighted by Gasteiger charge is -2.51. The van der Waals surface area contributed by atoms with Gasteiger partial charge >= 0.3 is 11.9 Å². The molecule has 3 aromatic rings. The number of hydrogen-bond acceptors (Lipinski definition) is 11. The van der Waals surface area contributed by atoms with E-state index in [2.05, 4.69) is 0 Å². The number of ketones is 2. The summed E-state index contributed by atoms with van der Waals surface area (Å²) in [6.07, 6.45) is 3.36. The van der Waals surface area contributed by atoms with Crippen LogP contribution in [0, 0.1) is 11.8 Å². The Morgan fingerprint density at radius 2 is 0.922 bits per heavy atom. The van der Waals surface area contributed by atoms with Gasteiger partial charge in [0, 0.05) is 30.5 Å². The van der Waals surface area contributed by atoms with Crippen molar-refractivity contribution in [2.45, 2.75) is 36.8 Å². The zero-order valence-corrected chi connectivity index (χ0v) is 29.1. The highest BCUT2D eigenvalue weighted by atomic mass is 35.5. The molecule has 6 aliphatic rings. The Bertz CT molecular complexity index is 1600. The normalized spacial score (nSPS) is 23.5. The molecular formula is C39H43ClN2O9. The molecule has 6 heterocycles. The van der Waals surface area contributed by atoms with Crippen LogP contribution in [-0.2, 0) is 19.1 Å². The van der Waals surface area contributed by atoms with E-state index in [-0.39, 0.29) is 49.8 Å². The maximum absolute atomic E-state index is 13.2. The molecule has 0 amide bonds. The first-order valence-corrected chi connectivity index (χ1v) is 17.5. The molecule has 4 bridgehead atoms. The standard InChI is InChI=1S/C23H23NO5.C9H15NO3.C7H5ClO/c25-20-17-11-13-24(14-12-17)23(20,15-28-21(26)18-7-3-1-4-8-18)16-29-22(27)19-9-5-2-6-10-19;11-5-9(6-12)8(13)7-1-3-10(9)4-2-7;8-7(9)6-4-2-1-3-5-6/h1-10,17H,11-16H2;7,11-12H,1-6H2;1-5H. The summed E-state index contributed by atoms with van der Waals surface area (Å²) < 4.78 is 11.1. The van der Waals surface area contributed by atoms with E-state index in [1.807, 2.05) is 28.0 Å². The third-order valence-corrected chi connectivity index (χ3v) is 10.5. The number of aliphatic hydroxyl groups excluding tert-OH is 2. The lowest BCUT2D eigenvalue weighted by molar-refractivity contribution is -0.157. The highest BCUT2D eigenvalue weighted by Crippen LogP contribution is 2.38. The van der Waals surface area contributed by atoms with E-state index in [4.69, 9.17) is 21.1 Å². The number of rotatable bonds is 9. The second kappa shape index (κ2) is 17.3. The summed E-state index contributed by atoms with van der Waals surface area (Å²) in [6, 6.07) is 26.1. The smallest absolute Gasteiger partial charge is 0.338 e. The number of fused-ring (bicyclic) bond motifs is 6. The maximum Gasteiger partial charge on any atom is 0.338 e. The van der Waals surface area contributed by atoms with Crippen molar-refractivity contribution in [3.8, 4) is 0 Å². The van der Waals surface area contributed by atoms with Crippen molar-refractivity contribution in [2.75, 3.05) is 52.6 Å². The Balaban J connectivity index is 0.000000187. The molecule has 0 atom stereocenters. The van der Waals surface area contributed by atoms with Gasteiger partial charge in [-0.15, -0.1) is 0 Å². The number of carbonyl (C=O) groups excluding carboxylic acids is 5. The maximum atomic E-state index is 13.2. The lowest BCUT2D eigenvalue weighted by atomic mass is 9.74. The van der Waals surface area contributed by atoms with Crippen LogP contribution in [0.15, 0.2) is 91.0 Å². The molecule has 51 heavy (non-hydrogen) atoms. The van der Waals surface area contributed by atoms with Crippen LogP contribution in [0.1, 0.15) is 56.8 Å². The average Bonchev–Trinajstić information content (AvgIpc) is 3.20. The average molecular weight is 719 g/mol. The van der Waals surface area contributed by atoms with Gasteiger partial charge in [0.25, 0.3) is 5.24 Å². The minimum Gasteiger partial charge on any atom is -0.459 e. The molecule has 2 N–H and O–H groups in total. The predicted octanol–water partition coefficient (Wildman–Crippen LogP) is 3.80. The van der Waals surface area contributed by atoms with Gasteiger partial charge in [-0.05, 0) is 74.6 Å². The van der Waals surface area contributed by atoms with E-state index in [9.17, 15) is 34.2 Å². The van der Waals surface area contributed by atoms with Gasteiger partial charge in [-0.3, -0.25) is 24.2 Å². The van der Waals surface area contributed by atoms with Crippen LogP contribution >= 0.6 is 11.6 Å². The van der Waals surface area contributed by atoms with Gasteiger partial charge in [0.05, 0.1) is 24.3 Å². The van der Waals surface area contributed by atoms with Gasteiger partial charge in [0.1, 0.15) is 24.3 Å². The summed E-state index contributed by atoms with van der Waals surface area (Å²) in [7, 11) is 0. The first-order valence-electron chi connectivity index (χ1n) is 17.1. The van der Waals surface area contributed by atoms with Gasteiger partial charge in [-0.2, -0.15) is 0 Å². The van der Waals surface area contributed by atoms with Gasteiger partial charge in [-0.25, -0.2) is 9.59 Å². The molecule has 9 rings (SSSR count). The quantitative estimate of drug-likeness (QED) is 0.246. The number of Topliss-reactive ketones (excluding diaryl/α,β-unsaturated/α-hetero) is 2. The SMILES string of the molecule is O=C(Cl)c1ccccc1.O=C(OCC1(COC(=O)c2ccccc2)C(=O)C2CCN1CC2)c1ccccc1.O=C1C2CCN(CC2)C1(CO)CO. The molecule has 0 radical (unpaired) electrons. The summed E-state index contributed by atoms with van der Waals surface area (Å²) in [5.74, 6) is -0.952. The zero-order valence-electron chi connectivity index (χ0n) is 28.3. The molecule has 12 heteroatoms. The van der Waals surface area contributed by atoms with Gasteiger partial charge in [0.15, 0.2) is 11.6 Å². The highest BCUT2D eigenvalue weighted by Gasteiger charge is 2.55. The molecule has 11 nitrogen and oxygen atoms in total. The molecule has 270 valence electrons. The van der Waals surface area contributed by atoms with Crippen LogP contribution in [0.2, 0.25) is 0 Å². The molecule has 0 aliphatic carbocycles. The fraction of sp³-hybridized carbons (Fsp3) is 0.410. The van der Waals surface area contributed by atoms with Crippen molar-refractivity contribution in [3.63, 3.8) is 0 Å². The van der Waals surface area contributed by atoms with Crippen molar-refractivity contribution >= 4 is 40.3 Å². The van der Waals surface area contributed by atoms with E-state index in [0.29, 0.717) is 16.7 Å². The molecule has 6 fully saturated rings. The summed E-state index contributed by atoms with van der Waals surface area (Å²) >= 11 is 5.16. The Morgan fingerprint density at radius 3 is 1.20 bits per heavy atom. The van der Waals surface area contributed by atoms with E-state index < -0.39 is 28.3 Å². The predicted molar refractivity (Wildman–Crippen MR) is 188 cm³/mol. The largest absolute Gasteiger partial charge is 0.459 e. The highest BCUT2D eigenvalue weighted by molar-refractivity contribution is 6.67. The summed E-state index contributed by atoms with van der Waals surface area (Å²) in [4.78, 5) is 64.2. The van der Waals surface area contributed by atoms with Crippen LogP contribution < -0.4 is 0 Å². The van der Waals surface area contributed by atoms with Crippen LogP contribution in [0.4, 0.5) is 0 Å². The molecule has 0 aromatic heterocycles. The van der Waals surface area contributed by atoms with Crippen molar-refractivity contribution in [1.29, 1.82) is 0 Å². The van der Waals surface area contributed by atoms with Crippen LogP contribution in [0.3, 0.4) is 0 Å². The summed E-state index contributed by atoms with van der Waals surface area (Å²) in [5, 5.41) is 18.0.